The molecule has 3 fully saturated rings. The summed E-state index contributed by atoms with van der Waals surface area (Å²) in [7, 11) is 0. The monoisotopic (exact) mass is 192 g/mol. The summed E-state index contributed by atoms with van der Waals surface area (Å²) < 4.78 is 0. The Kier molecular flexibility index (Phi) is 1.86. The Morgan fingerprint density at radius 2 is 2.07 bits per heavy atom. The molecule has 2 aliphatic carbocycles. The summed E-state index contributed by atoms with van der Waals surface area (Å²) in [6.07, 6.45) is 9.42. The van der Waals surface area contributed by atoms with Crippen molar-refractivity contribution in [2.75, 3.05) is 13.1 Å². The molecule has 2 saturated carbocycles. The number of hydrogen-bond donors (Lipinski definition) is 1. The van der Waals surface area contributed by atoms with Crippen molar-refractivity contribution in [2.24, 2.45) is 11.3 Å². The average molecular weight is 192 g/mol. The molecule has 0 aromatic heterocycles. The van der Waals surface area contributed by atoms with E-state index in [2.05, 4.69) is 4.90 Å². The van der Waals surface area contributed by atoms with Gasteiger partial charge in [-0.3, -0.25) is 5.41 Å². The summed E-state index contributed by atoms with van der Waals surface area (Å²) in [6, 6.07) is 0. The molecule has 0 unspecified atom stereocenters. The van der Waals surface area contributed by atoms with E-state index in [1.54, 1.807) is 0 Å². The Hall–Kier alpha value is -0.530. The second-order valence-electron chi connectivity index (χ2n) is 5.46. The highest BCUT2D eigenvalue weighted by atomic mass is 15.2. The first-order chi connectivity index (χ1) is 6.80. The zero-order valence-corrected chi connectivity index (χ0v) is 8.89. The molecule has 0 aromatic rings. The number of amidine groups is 1. The van der Waals surface area contributed by atoms with Crippen molar-refractivity contribution in [3.05, 3.63) is 0 Å². The van der Waals surface area contributed by atoms with Crippen LogP contribution in [-0.4, -0.2) is 23.8 Å². The first-order valence-corrected chi connectivity index (χ1v) is 6.13. The van der Waals surface area contributed by atoms with Gasteiger partial charge >= 0.3 is 0 Å². The van der Waals surface area contributed by atoms with Crippen molar-refractivity contribution in [1.82, 2.24) is 4.90 Å². The smallest absolute Gasteiger partial charge is 0.0957 e. The molecule has 0 bridgehead atoms. The van der Waals surface area contributed by atoms with Crippen LogP contribution in [0.25, 0.3) is 0 Å². The molecule has 3 rings (SSSR count). The van der Waals surface area contributed by atoms with Crippen LogP contribution in [0, 0.1) is 16.7 Å². The minimum atomic E-state index is 0.684. The van der Waals surface area contributed by atoms with Crippen LogP contribution in [0.3, 0.4) is 0 Å². The Balaban J connectivity index is 1.62. The first-order valence-electron chi connectivity index (χ1n) is 6.13. The lowest BCUT2D eigenvalue weighted by Gasteiger charge is -2.33. The van der Waals surface area contributed by atoms with E-state index in [-0.39, 0.29) is 0 Å². The van der Waals surface area contributed by atoms with Gasteiger partial charge in [0.2, 0.25) is 0 Å². The van der Waals surface area contributed by atoms with Gasteiger partial charge in [-0.25, -0.2) is 0 Å². The second kappa shape index (κ2) is 2.98. The molecular weight excluding hydrogens is 172 g/mol. The van der Waals surface area contributed by atoms with E-state index in [4.69, 9.17) is 5.41 Å². The summed E-state index contributed by atoms with van der Waals surface area (Å²) in [5, 5.41) is 7.94. The quantitative estimate of drug-likeness (QED) is 0.731. The molecule has 3 aliphatic rings. The summed E-state index contributed by atoms with van der Waals surface area (Å²) in [4.78, 5) is 2.37. The third-order valence-electron chi connectivity index (χ3n) is 4.31. The Morgan fingerprint density at radius 1 is 1.29 bits per heavy atom. The maximum atomic E-state index is 7.94. The zero-order chi connectivity index (χ0) is 9.60. The van der Waals surface area contributed by atoms with Crippen molar-refractivity contribution >= 4 is 5.84 Å². The van der Waals surface area contributed by atoms with Crippen LogP contribution < -0.4 is 0 Å². The molecule has 14 heavy (non-hydrogen) atoms. The standard InChI is InChI=1S/C12H20N2/c13-11-3-1-2-8-14(11)9-12(6-7-12)10-4-5-10/h10,13H,1-9H2. The fourth-order valence-electron chi connectivity index (χ4n) is 2.99. The zero-order valence-electron chi connectivity index (χ0n) is 8.89. The summed E-state index contributed by atoms with van der Waals surface area (Å²) in [5.41, 5.74) is 0.684. The molecule has 78 valence electrons. The minimum Gasteiger partial charge on any atom is -0.360 e. The number of likely N-dealkylation sites (tertiary alicyclic amines) is 1. The topological polar surface area (TPSA) is 27.1 Å². The Labute approximate surface area is 86.2 Å². The second-order valence-corrected chi connectivity index (χ2v) is 5.46. The van der Waals surface area contributed by atoms with E-state index >= 15 is 0 Å². The molecule has 1 aliphatic heterocycles. The first kappa shape index (κ1) is 8.75. The average Bonchev–Trinajstić information content (AvgIpc) is 3.00. The summed E-state index contributed by atoms with van der Waals surface area (Å²) in [6.45, 7) is 2.38. The van der Waals surface area contributed by atoms with Crippen LogP contribution in [0.1, 0.15) is 44.9 Å². The molecule has 1 saturated heterocycles. The number of hydrogen-bond acceptors (Lipinski definition) is 1. The third-order valence-corrected chi connectivity index (χ3v) is 4.31. The van der Waals surface area contributed by atoms with Gasteiger partial charge in [0.1, 0.15) is 0 Å². The van der Waals surface area contributed by atoms with Gasteiger partial charge in [0.25, 0.3) is 0 Å². The van der Waals surface area contributed by atoms with Crippen molar-refractivity contribution in [1.29, 1.82) is 5.41 Å². The lowest BCUT2D eigenvalue weighted by Crippen LogP contribution is -2.39. The van der Waals surface area contributed by atoms with E-state index in [9.17, 15) is 0 Å². The van der Waals surface area contributed by atoms with E-state index in [0.717, 1.165) is 24.7 Å². The number of rotatable bonds is 3. The molecule has 0 amide bonds. The van der Waals surface area contributed by atoms with Crippen molar-refractivity contribution in [2.45, 2.75) is 44.9 Å². The largest absolute Gasteiger partial charge is 0.360 e. The highest BCUT2D eigenvalue weighted by molar-refractivity contribution is 5.79. The van der Waals surface area contributed by atoms with E-state index in [0.29, 0.717) is 5.41 Å². The van der Waals surface area contributed by atoms with Gasteiger partial charge in [0.15, 0.2) is 0 Å². The lowest BCUT2D eigenvalue weighted by atomic mass is 9.98. The normalized spacial score (nSPS) is 30.6. The van der Waals surface area contributed by atoms with Crippen molar-refractivity contribution < 1.29 is 0 Å². The summed E-state index contributed by atoms with van der Waals surface area (Å²) in [5.74, 6) is 1.96. The molecule has 1 N–H and O–H groups in total. The molecule has 0 spiro atoms. The highest BCUT2D eigenvalue weighted by Gasteiger charge is 2.54. The van der Waals surface area contributed by atoms with Gasteiger partial charge in [0.05, 0.1) is 5.84 Å². The predicted octanol–water partition coefficient (Wildman–Crippen LogP) is 2.64. The van der Waals surface area contributed by atoms with Gasteiger partial charge in [-0.1, -0.05) is 0 Å². The molecular formula is C12H20N2. The maximum Gasteiger partial charge on any atom is 0.0957 e. The van der Waals surface area contributed by atoms with Gasteiger partial charge in [-0.15, -0.1) is 0 Å². The highest BCUT2D eigenvalue weighted by Crippen LogP contribution is 2.61. The van der Waals surface area contributed by atoms with Gasteiger partial charge in [-0.05, 0) is 49.9 Å². The van der Waals surface area contributed by atoms with Gasteiger partial charge < -0.3 is 4.90 Å². The molecule has 0 radical (unpaired) electrons. The fourth-order valence-corrected chi connectivity index (χ4v) is 2.99. The molecule has 0 aromatic carbocycles. The van der Waals surface area contributed by atoms with Crippen molar-refractivity contribution in [3.8, 4) is 0 Å². The third kappa shape index (κ3) is 1.45. The van der Waals surface area contributed by atoms with E-state index < -0.39 is 0 Å². The van der Waals surface area contributed by atoms with Gasteiger partial charge in [0, 0.05) is 19.5 Å². The minimum absolute atomic E-state index is 0.684. The Morgan fingerprint density at radius 3 is 2.64 bits per heavy atom. The molecule has 0 atom stereocenters. The fraction of sp³-hybridized carbons (Fsp3) is 0.917. The van der Waals surface area contributed by atoms with Crippen molar-refractivity contribution in [3.63, 3.8) is 0 Å². The lowest BCUT2D eigenvalue weighted by molar-refractivity contribution is 0.271. The molecule has 1 heterocycles. The van der Waals surface area contributed by atoms with Gasteiger partial charge in [-0.2, -0.15) is 0 Å². The number of nitrogens with zero attached hydrogens (tertiary/aromatic N) is 1. The van der Waals surface area contributed by atoms with Crippen LogP contribution in [0.2, 0.25) is 0 Å². The number of piperidine rings is 1. The van der Waals surface area contributed by atoms with Crippen LogP contribution in [0.4, 0.5) is 0 Å². The van der Waals surface area contributed by atoms with Crippen LogP contribution in [0.5, 0.6) is 0 Å². The van der Waals surface area contributed by atoms with E-state index in [1.807, 2.05) is 0 Å². The Bertz CT molecular complexity index is 251. The number of nitrogens with one attached hydrogen (secondary N) is 1. The maximum absolute atomic E-state index is 7.94. The van der Waals surface area contributed by atoms with E-state index in [1.165, 1.54) is 45.1 Å². The predicted molar refractivity (Wildman–Crippen MR) is 57.5 cm³/mol. The van der Waals surface area contributed by atoms with Crippen LogP contribution in [-0.2, 0) is 0 Å². The molecule has 2 nitrogen and oxygen atoms in total. The molecule has 2 heteroatoms. The summed E-state index contributed by atoms with van der Waals surface area (Å²) >= 11 is 0. The van der Waals surface area contributed by atoms with Crippen LogP contribution >= 0.6 is 0 Å². The van der Waals surface area contributed by atoms with Crippen LogP contribution in [0.15, 0.2) is 0 Å². The SMILES string of the molecule is N=C1CCCCN1CC1(C2CC2)CC1.